The summed E-state index contributed by atoms with van der Waals surface area (Å²) < 4.78 is 5.63. The van der Waals surface area contributed by atoms with Crippen molar-refractivity contribution in [1.82, 2.24) is 0 Å². The van der Waals surface area contributed by atoms with Crippen LogP contribution < -0.4 is 4.74 Å². The van der Waals surface area contributed by atoms with Crippen LogP contribution in [-0.2, 0) is 0 Å². The van der Waals surface area contributed by atoms with Crippen molar-refractivity contribution in [1.29, 1.82) is 0 Å². The van der Waals surface area contributed by atoms with Crippen LogP contribution in [0.2, 0.25) is 0 Å². The standard InChI is InChI=1S/C13H18O3/c1-3-4-7-10(2)16-12-9-6-5-8-11(12)13(14)15/h5-6,8-10H,3-4,7H2,1-2H3,(H,14,15). The van der Waals surface area contributed by atoms with Gasteiger partial charge in [0.2, 0.25) is 0 Å². The predicted molar refractivity (Wildman–Crippen MR) is 63.0 cm³/mol. The molecule has 16 heavy (non-hydrogen) atoms. The molecule has 0 amide bonds. The number of benzene rings is 1. The molecule has 0 spiro atoms. The molecular weight excluding hydrogens is 204 g/mol. The molecule has 0 aliphatic rings. The van der Waals surface area contributed by atoms with Crippen molar-refractivity contribution >= 4 is 5.97 Å². The maximum absolute atomic E-state index is 10.9. The zero-order chi connectivity index (χ0) is 12.0. The molecule has 0 fully saturated rings. The van der Waals surface area contributed by atoms with Crippen molar-refractivity contribution in [3.05, 3.63) is 29.8 Å². The Balaban J connectivity index is 2.69. The minimum absolute atomic E-state index is 0.0560. The lowest BCUT2D eigenvalue weighted by atomic mass is 10.1. The van der Waals surface area contributed by atoms with E-state index in [0.717, 1.165) is 19.3 Å². The molecule has 3 nitrogen and oxygen atoms in total. The van der Waals surface area contributed by atoms with Crippen LogP contribution in [0.3, 0.4) is 0 Å². The van der Waals surface area contributed by atoms with E-state index in [4.69, 9.17) is 9.84 Å². The number of carboxylic acids is 1. The van der Waals surface area contributed by atoms with Gasteiger partial charge in [0.05, 0.1) is 6.10 Å². The van der Waals surface area contributed by atoms with Gasteiger partial charge in [0, 0.05) is 0 Å². The molecule has 0 aromatic heterocycles. The number of carbonyl (C=O) groups is 1. The van der Waals surface area contributed by atoms with E-state index < -0.39 is 5.97 Å². The summed E-state index contributed by atoms with van der Waals surface area (Å²) >= 11 is 0. The predicted octanol–water partition coefficient (Wildman–Crippen LogP) is 3.34. The molecule has 1 rings (SSSR count). The summed E-state index contributed by atoms with van der Waals surface area (Å²) in [6.45, 7) is 4.09. The molecule has 1 N–H and O–H groups in total. The van der Waals surface area contributed by atoms with Gasteiger partial charge in [-0.25, -0.2) is 4.79 Å². The van der Waals surface area contributed by atoms with Gasteiger partial charge in [-0.15, -0.1) is 0 Å². The Bertz CT molecular complexity index is 347. The first-order valence-electron chi connectivity index (χ1n) is 5.64. The number of hydrogen-bond donors (Lipinski definition) is 1. The molecule has 0 aliphatic carbocycles. The molecule has 1 atom stereocenters. The average Bonchev–Trinajstić information content (AvgIpc) is 2.27. The Morgan fingerprint density at radius 1 is 1.44 bits per heavy atom. The monoisotopic (exact) mass is 222 g/mol. The minimum Gasteiger partial charge on any atom is -0.490 e. The maximum atomic E-state index is 10.9. The lowest BCUT2D eigenvalue weighted by Crippen LogP contribution is -2.13. The van der Waals surface area contributed by atoms with E-state index in [1.165, 1.54) is 0 Å². The van der Waals surface area contributed by atoms with Gasteiger partial charge < -0.3 is 9.84 Å². The molecule has 1 aromatic rings. The van der Waals surface area contributed by atoms with Gasteiger partial charge >= 0.3 is 5.97 Å². The maximum Gasteiger partial charge on any atom is 0.339 e. The van der Waals surface area contributed by atoms with Crippen molar-refractivity contribution in [3.8, 4) is 5.75 Å². The van der Waals surface area contributed by atoms with Gasteiger partial charge in [0.25, 0.3) is 0 Å². The second kappa shape index (κ2) is 6.16. The van der Waals surface area contributed by atoms with Crippen LogP contribution in [0.4, 0.5) is 0 Å². The first-order valence-corrected chi connectivity index (χ1v) is 5.64. The summed E-state index contributed by atoms with van der Waals surface area (Å²) in [6, 6.07) is 6.75. The average molecular weight is 222 g/mol. The molecule has 0 saturated heterocycles. The number of ether oxygens (including phenoxy) is 1. The Labute approximate surface area is 96.1 Å². The van der Waals surface area contributed by atoms with E-state index in [9.17, 15) is 4.79 Å². The number of aromatic carboxylic acids is 1. The Morgan fingerprint density at radius 2 is 2.12 bits per heavy atom. The van der Waals surface area contributed by atoms with Crippen LogP contribution in [0, 0.1) is 0 Å². The SMILES string of the molecule is CCCCC(C)Oc1ccccc1C(=O)O. The Morgan fingerprint density at radius 3 is 2.75 bits per heavy atom. The quantitative estimate of drug-likeness (QED) is 0.802. The molecule has 88 valence electrons. The topological polar surface area (TPSA) is 46.5 Å². The molecule has 0 aliphatic heterocycles. The van der Waals surface area contributed by atoms with E-state index in [-0.39, 0.29) is 11.7 Å². The largest absolute Gasteiger partial charge is 0.490 e. The van der Waals surface area contributed by atoms with E-state index >= 15 is 0 Å². The molecule has 0 saturated carbocycles. The van der Waals surface area contributed by atoms with Crippen molar-refractivity contribution < 1.29 is 14.6 Å². The fourth-order valence-corrected chi connectivity index (χ4v) is 1.51. The fraction of sp³-hybridized carbons (Fsp3) is 0.462. The molecule has 0 radical (unpaired) electrons. The minimum atomic E-state index is -0.946. The van der Waals surface area contributed by atoms with Gasteiger partial charge in [0.1, 0.15) is 11.3 Å². The molecule has 3 heteroatoms. The smallest absolute Gasteiger partial charge is 0.339 e. The summed E-state index contributed by atoms with van der Waals surface area (Å²) in [6.07, 6.45) is 3.22. The molecule has 0 bridgehead atoms. The van der Waals surface area contributed by atoms with Crippen LogP contribution in [0.5, 0.6) is 5.75 Å². The second-order valence-corrected chi connectivity index (χ2v) is 3.87. The van der Waals surface area contributed by atoms with Crippen molar-refractivity contribution in [2.45, 2.75) is 39.2 Å². The van der Waals surface area contributed by atoms with Gasteiger partial charge in [-0.3, -0.25) is 0 Å². The summed E-state index contributed by atoms with van der Waals surface area (Å²) in [5.74, 6) is -0.489. The van der Waals surface area contributed by atoms with Crippen LogP contribution in [0.25, 0.3) is 0 Å². The van der Waals surface area contributed by atoms with Gasteiger partial charge in [-0.1, -0.05) is 31.9 Å². The highest BCUT2D eigenvalue weighted by Crippen LogP contribution is 2.20. The van der Waals surface area contributed by atoms with E-state index in [1.54, 1.807) is 24.3 Å². The van der Waals surface area contributed by atoms with E-state index in [2.05, 4.69) is 6.92 Å². The van der Waals surface area contributed by atoms with Crippen molar-refractivity contribution in [2.75, 3.05) is 0 Å². The van der Waals surface area contributed by atoms with Crippen LogP contribution >= 0.6 is 0 Å². The highest BCUT2D eigenvalue weighted by Gasteiger charge is 2.12. The normalized spacial score (nSPS) is 12.1. The number of unbranched alkanes of at least 4 members (excludes halogenated alkanes) is 1. The van der Waals surface area contributed by atoms with E-state index in [0.29, 0.717) is 5.75 Å². The fourth-order valence-electron chi connectivity index (χ4n) is 1.51. The van der Waals surface area contributed by atoms with Gasteiger partial charge in [-0.2, -0.15) is 0 Å². The zero-order valence-corrected chi connectivity index (χ0v) is 9.77. The van der Waals surface area contributed by atoms with Gasteiger partial charge in [-0.05, 0) is 25.5 Å². The number of para-hydroxylation sites is 1. The number of rotatable bonds is 6. The molecule has 1 aromatic carbocycles. The first kappa shape index (κ1) is 12.6. The summed E-state index contributed by atoms with van der Waals surface area (Å²) in [4.78, 5) is 10.9. The van der Waals surface area contributed by atoms with Crippen LogP contribution in [-0.4, -0.2) is 17.2 Å². The molecular formula is C13H18O3. The summed E-state index contributed by atoms with van der Waals surface area (Å²) in [5.41, 5.74) is 0.228. The highest BCUT2D eigenvalue weighted by molar-refractivity contribution is 5.90. The van der Waals surface area contributed by atoms with Gasteiger partial charge in [0.15, 0.2) is 0 Å². The van der Waals surface area contributed by atoms with Crippen LogP contribution in [0.1, 0.15) is 43.5 Å². The second-order valence-electron chi connectivity index (χ2n) is 3.87. The van der Waals surface area contributed by atoms with Crippen molar-refractivity contribution in [3.63, 3.8) is 0 Å². The highest BCUT2D eigenvalue weighted by atomic mass is 16.5. The van der Waals surface area contributed by atoms with Crippen LogP contribution in [0.15, 0.2) is 24.3 Å². The Hall–Kier alpha value is -1.51. The van der Waals surface area contributed by atoms with Crippen molar-refractivity contribution in [2.24, 2.45) is 0 Å². The molecule has 0 heterocycles. The third-order valence-electron chi connectivity index (χ3n) is 2.41. The van der Waals surface area contributed by atoms with E-state index in [1.807, 2.05) is 6.92 Å². The lowest BCUT2D eigenvalue weighted by Gasteiger charge is -2.15. The first-order chi connectivity index (χ1) is 7.65. The summed E-state index contributed by atoms with van der Waals surface area (Å²) in [7, 11) is 0. The third-order valence-corrected chi connectivity index (χ3v) is 2.41. The lowest BCUT2D eigenvalue weighted by molar-refractivity contribution is 0.0689. The zero-order valence-electron chi connectivity index (χ0n) is 9.77. The Kier molecular flexibility index (Phi) is 4.83. The molecule has 1 unspecified atom stereocenters. The number of hydrogen-bond acceptors (Lipinski definition) is 2. The summed E-state index contributed by atoms with van der Waals surface area (Å²) in [5, 5.41) is 8.97. The number of carboxylic acid groups (broad SMARTS) is 1. The third kappa shape index (κ3) is 3.57.